The third-order valence-corrected chi connectivity index (χ3v) is 10.6. The standard InChI is InChI=1S/C56H94O6/c1-4-7-10-13-16-19-22-25-27-29-31-34-37-40-43-46-49-55(58)61-52-53(51-60-54(57)48-45-42-39-36-33-30-24-21-18-15-12-9-6-3)62-56(59)50-47-44-41-38-35-32-28-26-23-20-17-14-11-8-5-2/h7,10,16-17,19-20,23,25-27,30,33,39,42,53H,4-6,8-9,11-15,18,21-22,24,28-29,31-32,34-38,40-41,43-52H2,1-3H3/b10-7-,19-16-,20-17-,26-23-,27-25-,33-30-,42-39-. The molecule has 6 heteroatoms. The zero-order valence-electron chi connectivity index (χ0n) is 40.4. The monoisotopic (exact) mass is 863 g/mol. The van der Waals surface area contributed by atoms with Crippen LogP contribution in [-0.2, 0) is 28.6 Å². The molecule has 0 aromatic heterocycles. The second-order valence-electron chi connectivity index (χ2n) is 16.7. The molecule has 0 fully saturated rings. The first-order chi connectivity index (χ1) is 30.5. The summed E-state index contributed by atoms with van der Waals surface area (Å²) in [4.78, 5) is 37.9. The molecular formula is C56H94O6. The smallest absolute Gasteiger partial charge is 0.306 e. The summed E-state index contributed by atoms with van der Waals surface area (Å²) in [5.74, 6) is -1.00. The zero-order chi connectivity index (χ0) is 45.1. The van der Waals surface area contributed by atoms with E-state index in [2.05, 4.69) is 99.8 Å². The Bertz CT molecular complexity index is 1220. The summed E-state index contributed by atoms with van der Waals surface area (Å²) < 4.78 is 16.7. The summed E-state index contributed by atoms with van der Waals surface area (Å²) in [5.41, 5.74) is 0. The molecule has 0 N–H and O–H groups in total. The number of esters is 3. The van der Waals surface area contributed by atoms with Crippen LogP contribution in [0.2, 0.25) is 0 Å². The van der Waals surface area contributed by atoms with Gasteiger partial charge in [0.2, 0.25) is 0 Å². The average Bonchev–Trinajstić information content (AvgIpc) is 3.27. The van der Waals surface area contributed by atoms with Gasteiger partial charge in [0.05, 0.1) is 0 Å². The highest BCUT2D eigenvalue weighted by atomic mass is 16.6. The van der Waals surface area contributed by atoms with Gasteiger partial charge < -0.3 is 14.2 Å². The van der Waals surface area contributed by atoms with Crippen LogP contribution in [-0.4, -0.2) is 37.2 Å². The van der Waals surface area contributed by atoms with Crippen molar-refractivity contribution in [1.29, 1.82) is 0 Å². The SMILES string of the molecule is CC/C=C\C/C=C\C/C=C\CCCCCCCCC(=O)OCC(COC(=O)CC/C=C\C/C=C\CCCCCCCC)OC(=O)CCCCCCCC/C=C\C=C/CCCCC. The average molecular weight is 863 g/mol. The van der Waals surface area contributed by atoms with Crippen molar-refractivity contribution in [2.75, 3.05) is 13.2 Å². The minimum absolute atomic E-state index is 0.106. The van der Waals surface area contributed by atoms with Crippen LogP contribution in [0, 0.1) is 0 Å². The summed E-state index contributed by atoms with van der Waals surface area (Å²) in [6.45, 7) is 6.41. The fourth-order valence-corrected chi connectivity index (χ4v) is 6.79. The molecule has 62 heavy (non-hydrogen) atoms. The van der Waals surface area contributed by atoms with Crippen molar-refractivity contribution in [2.24, 2.45) is 0 Å². The summed E-state index contributed by atoms with van der Waals surface area (Å²) in [6.07, 6.45) is 64.3. The maximum Gasteiger partial charge on any atom is 0.306 e. The molecule has 0 heterocycles. The molecule has 0 bridgehead atoms. The Morgan fingerprint density at radius 1 is 0.355 bits per heavy atom. The highest BCUT2D eigenvalue weighted by Gasteiger charge is 2.19. The Morgan fingerprint density at radius 3 is 1.21 bits per heavy atom. The largest absolute Gasteiger partial charge is 0.462 e. The van der Waals surface area contributed by atoms with E-state index in [1.54, 1.807) is 0 Å². The molecule has 0 rings (SSSR count). The van der Waals surface area contributed by atoms with E-state index in [1.165, 1.54) is 89.9 Å². The first kappa shape index (κ1) is 58.6. The predicted molar refractivity (Wildman–Crippen MR) is 265 cm³/mol. The topological polar surface area (TPSA) is 78.9 Å². The molecular weight excluding hydrogens is 769 g/mol. The Balaban J connectivity index is 4.49. The maximum absolute atomic E-state index is 12.8. The molecule has 0 aromatic carbocycles. The van der Waals surface area contributed by atoms with Crippen molar-refractivity contribution in [2.45, 2.75) is 239 Å². The molecule has 0 aliphatic carbocycles. The summed E-state index contributed by atoms with van der Waals surface area (Å²) >= 11 is 0. The van der Waals surface area contributed by atoms with Crippen LogP contribution >= 0.6 is 0 Å². The molecule has 0 aliphatic rings. The second-order valence-corrected chi connectivity index (χ2v) is 16.7. The molecule has 1 atom stereocenters. The van der Waals surface area contributed by atoms with E-state index >= 15 is 0 Å². The van der Waals surface area contributed by atoms with Crippen LogP contribution < -0.4 is 0 Å². The second kappa shape index (κ2) is 50.2. The third kappa shape index (κ3) is 47.6. The van der Waals surface area contributed by atoms with E-state index in [0.29, 0.717) is 19.3 Å². The van der Waals surface area contributed by atoms with Crippen molar-refractivity contribution in [3.63, 3.8) is 0 Å². The minimum atomic E-state index is -0.810. The number of ether oxygens (including phenoxy) is 3. The van der Waals surface area contributed by atoms with Crippen LogP contribution in [0.1, 0.15) is 233 Å². The van der Waals surface area contributed by atoms with Gasteiger partial charge in [0, 0.05) is 19.3 Å². The minimum Gasteiger partial charge on any atom is -0.462 e. The zero-order valence-corrected chi connectivity index (χ0v) is 40.4. The van der Waals surface area contributed by atoms with E-state index in [9.17, 15) is 14.4 Å². The normalized spacial score (nSPS) is 12.8. The van der Waals surface area contributed by atoms with E-state index in [1.807, 2.05) is 6.08 Å². The van der Waals surface area contributed by atoms with Crippen molar-refractivity contribution in [3.05, 3.63) is 85.1 Å². The molecule has 354 valence electrons. The number of hydrogen-bond donors (Lipinski definition) is 0. The number of allylic oxidation sites excluding steroid dienone is 14. The van der Waals surface area contributed by atoms with Crippen LogP contribution in [0.5, 0.6) is 0 Å². The van der Waals surface area contributed by atoms with Gasteiger partial charge in [0.1, 0.15) is 13.2 Å². The van der Waals surface area contributed by atoms with Crippen LogP contribution in [0.15, 0.2) is 85.1 Å². The molecule has 0 amide bonds. The number of carbonyl (C=O) groups is 3. The van der Waals surface area contributed by atoms with Gasteiger partial charge in [-0.15, -0.1) is 0 Å². The van der Waals surface area contributed by atoms with Gasteiger partial charge >= 0.3 is 17.9 Å². The van der Waals surface area contributed by atoms with Gasteiger partial charge in [-0.25, -0.2) is 0 Å². The molecule has 0 aliphatic heterocycles. The Labute approximate surface area is 382 Å². The first-order valence-electron chi connectivity index (χ1n) is 25.6. The van der Waals surface area contributed by atoms with E-state index < -0.39 is 6.10 Å². The van der Waals surface area contributed by atoms with Gasteiger partial charge in [0.25, 0.3) is 0 Å². The highest BCUT2D eigenvalue weighted by molar-refractivity contribution is 5.71. The fourth-order valence-electron chi connectivity index (χ4n) is 6.79. The third-order valence-electron chi connectivity index (χ3n) is 10.6. The van der Waals surface area contributed by atoms with E-state index in [0.717, 1.165) is 96.3 Å². The molecule has 0 radical (unpaired) electrons. The first-order valence-corrected chi connectivity index (χ1v) is 25.6. The van der Waals surface area contributed by atoms with Gasteiger partial charge in [-0.1, -0.05) is 202 Å². The number of rotatable bonds is 45. The summed E-state index contributed by atoms with van der Waals surface area (Å²) in [6, 6.07) is 0. The summed E-state index contributed by atoms with van der Waals surface area (Å²) in [5, 5.41) is 0. The Hall–Kier alpha value is -3.41. The van der Waals surface area contributed by atoms with Crippen LogP contribution in [0.4, 0.5) is 0 Å². The maximum atomic E-state index is 12.8. The quantitative estimate of drug-likeness (QED) is 0.0199. The van der Waals surface area contributed by atoms with Crippen LogP contribution in [0.3, 0.4) is 0 Å². The van der Waals surface area contributed by atoms with Crippen molar-refractivity contribution >= 4 is 17.9 Å². The fraction of sp³-hybridized carbons (Fsp3) is 0.696. The number of carbonyl (C=O) groups excluding carboxylic acids is 3. The Kier molecular flexibility index (Phi) is 47.5. The van der Waals surface area contributed by atoms with Crippen molar-refractivity contribution in [1.82, 2.24) is 0 Å². The molecule has 0 saturated carbocycles. The Morgan fingerprint density at radius 2 is 0.710 bits per heavy atom. The lowest BCUT2D eigenvalue weighted by Crippen LogP contribution is -2.30. The molecule has 1 unspecified atom stereocenters. The lowest BCUT2D eigenvalue weighted by atomic mass is 10.1. The van der Waals surface area contributed by atoms with Crippen LogP contribution in [0.25, 0.3) is 0 Å². The number of unbranched alkanes of at least 4 members (excludes halogenated alkanes) is 21. The van der Waals surface area contributed by atoms with Gasteiger partial charge in [-0.3, -0.25) is 14.4 Å². The van der Waals surface area contributed by atoms with Crippen molar-refractivity contribution < 1.29 is 28.6 Å². The summed E-state index contributed by atoms with van der Waals surface area (Å²) in [7, 11) is 0. The lowest BCUT2D eigenvalue weighted by molar-refractivity contribution is -0.166. The van der Waals surface area contributed by atoms with E-state index in [4.69, 9.17) is 14.2 Å². The molecule has 6 nitrogen and oxygen atoms in total. The van der Waals surface area contributed by atoms with E-state index in [-0.39, 0.29) is 37.5 Å². The van der Waals surface area contributed by atoms with Gasteiger partial charge in [-0.2, -0.15) is 0 Å². The molecule has 0 saturated heterocycles. The van der Waals surface area contributed by atoms with Gasteiger partial charge in [-0.05, 0) is 96.3 Å². The highest BCUT2D eigenvalue weighted by Crippen LogP contribution is 2.13. The molecule has 0 spiro atoms. The predicted octanol–water partition coefficient (Wildman–Crippen LogP) is 16.8. The number of hydrogen-bond acceptors (Lipinski definition) is 6. The van der Waals surface area contributed by atoms with Gasteiger partial charge in [0.15, 0.2) is 6.10 Å². The van der Waals surface area contributed by atoms with Crippen molar-refractivity contribution in [3.8, 4) is 0 Å². The lowest BCUT2D eigenvalue weighted by Gasteiger charge is -2.18. The molecule has 0 aromatic rings.